The van der Waals surface area contributed by atoms with Crippen LogP contribution in [0, 0.1) is 0 Å². The first-order valence-electron chi connectivity index (χ1n) is 9.31. The van der Waals surface area contributed by atoms with Crippen LogP contribution in [0.15, 0.2) is 30.7 Å². The summed E-state index contributed by atoms with van der Waals surface area (Å²) in [4.78, 5) is 23.7. The number of amides is 1. The second-order valence-corrected chi connectivity index (χ2v) is 7.01. The molecule has 0 aromatic carbocycles. The molecule has 1 atom stereocenters. The largest absolute Gasteiger partial charge is 0.357 e. The van der Waals surface area contributed by atoms with Gasteiger partial charge in [-0.2, -0.15) is 0 Å². The lowest BCUT2D eigenvalue weighted by molar-refractivity contribution is 0.0927. The van der Waals surface area contributed by atoms with Crippen molar-refractivity contribution < 1.29 is 4.79 Å². The van der Waals surface area contributed by atoms with Gasteiger partial charge in [0.2, 0.25) is 0 Å². The van der Waals surface area contributed by atoms with Crippen molar-refractivity contribution in [1.82, 2.24) is 19.9 Å². The molecule has 132 valence electrons. The number of hydrogen-bond acceptors (Lipinski definition) is 4. The van der Waals surface area contributed by atoms with Gasteiger partial charge in [-0.15, -0.1) is 0 Å². The van der Waals surface area contributed by atoms with Gasteiger partial charge in [0.25, 0.3) is 5.91 Å². The predicted molar refractivity (Wildman–Crippen MR) is 96.7 cm³/mol. The summed E-state index contributed by atoms with van der Waals surface area (Å²) in [5, 5.41) is 3.13. The van der Waals surface area contributed by atoms with Gasteiger partial charge in [0.1, 0.15) is 11.6 Å². The third-order valence-corrected chi connectivity index (χ3v) is 5.21. The SMILES string of the molecule is O=C(NC1CCc2nccn2C1)c1ccc(N2CCCCCC2)nc1. The van der Waals surface area contributed by atoms with E-state index in [0.29, 0.717) is 5.56 Å². The van der Waals surface area contributed by atoms with Gasteiger partial charge in [0.15, 0.2) is 0 Å². The number of anilines is 1. The number of pyridine rings is 1. The average molecular weight is 339 g/mol. The summed E-state index contributed by atoms with van der Waals surface area (Å²) in [6.07, 6.45) is 12.4. The molecule has 4 heterocycles. The third kappa shape index (κ3) is 3.67. The van der Waals surface area contributed by atoms with Gasteiger partial charge in [-0.3, -0.25) is 4.79 Å². The molecule has 0 aliphatic carbocycles. The standard InChI is InChI=1S/C19H25N5O/c25-19(22-16-6-8-17-20-9-12-24(17)14-16)15-5-7-18(21-13-15)23-10-3-1-2-4-11-23/h5,7,9,12-13,16H,1-4,6,8,10-11,14H2,(H,22,25). The minimum Gasteiger partial charge on any atom is -0.357 e. The number of aromatic nitrogens is 3. The van der Waals surface area contributed by atoms with Crippen LogP contribution in [0.1, 0.15) is 48.3 Å². The van der Waals surface area contributed by atoms with E-state index in [1.165, 1.54) is 25.7 Å². The van der Waals surface area contributed by atoms with Crippen LogP contribution in [0.2, 0.25) is 0 Å². The molecule has 0 spiro atoms. The predicted octanol–water partition coefficient (Wildman–Crippen LogP) is 2.40. The number of imidazole rings is 1. The Morgan fingerprint density at radius 3 is 2.72 bits per heavy atom. The monoisotopic (exact) mass is 339 g/mol. The molecular formula is C19H25N5O. The molecule has 2 aromatic heterocycles. The van der Waals surface area contributed by atoms with Crippen LogP contribution < -0.4 is 10.2 Å². The molecule has 0 radical (unpaired) electrons. The highest BCUT2D eigenvalue weighted by Gasteiger charge is 2.21. The smallest absolute Gasteiger partial charge is 0.253 e. The zero-order chi connectivity index (χ0) is 17.1. The first-order valence-corrected chi connectivity index (χ1v) is 9.31. The molecule has 6 nitrogen and oxygen atoms in total. The van der Waals surface area contributed by atoms with Crippen molar-refractivity contribution in [2.75, 3.05) is 18.0 Å². The normalized spacial score (nSPS) is 20.6. The van der Waals surface area contributed by atoms with Crippen molar-refractivity contribution >= 4 is 11.7 Å². The zero-order valence-electron chi connectivity index (χ0n) is 14.5. The molecule has 6 heteroatoms. The zero-order valence-corrected chi connectivity index (χ0v) is 14.5. The van der Waals surface area contributed by atoms with Gasteiger partial charge < -0.3 is 14.8 Å². The van der Waals surface area contributed by atoms with Crippen molar-refractivity contribution in [2.45, 2.75) is 51.1 Å². The Morgan fingerprint density at radius 1 is 1.12 bits per heavy atom. The number of hydrogen-bond donors (Lipinski definition) is 1. The van der Waals surface area contributed by atoms with Crippen LogP contribution in [0.3, 0.4) is 0 Å². The highest BCUT2D eigenvalue weighted by molar-refractivity contribution is 5.94. The quantitative estimate of drug-likeness (QED) is 0.933. The van der Waals surface area contributed by atoms with E-state index in [4.69, 9.17) is 0 Å². The first kappa shape index (κ1) is 16.1. The summed E-state index contributed by atoms with van der Waals surface area (Å²) < 4.78 is 2.12. The van der Waals surface area contributed by atoms with Gasteiger partial charge in [-0.25, -0.2) is 9.97 Å². The molecule has 1 unspecified atom stereocenters. The van der Waals surface area contributed by atoms with Gasteiger partial charge in [-0.1, -0.05) is 12.8 Å². The molecule has 1 saturated heterocycles. The van der Waals surface area contributed by atoms with Gasteiger partial charge in [0, 0.05) is 50.7 Å². The van der Waals surface area contributed by atoms with E-state index in [9.17, 15) is 4.79 Å². The number of nitrogens with zero attached hydrogens (tertiary/aromatic N) is 4. The summed E-state index contributed by atoms with van der Waals surface area (Å²) >= 11 is 0. The summed E-state index contributed by atoms with van der Waals surface area (Å²) in [5.74, 6) is 2.05. The summed E-state index contributed by atoms with van der Waals surface area (Å²) in [6.45, 7) is 2.92. The van der Waals surface area contributed by atoms with Crippen LogP contribution >= 0.6 is 0 Å². The maximum Gasteiger partial charge on any atom is 0.253 e. The van der Waals surface area contributed by atoms with Crippen LogP contribution in [0.5, 0.6) is 0 Å². The molecule has 2 aliphatic heterocycles. The molecule has 1 N–H and O–H groups in total. The Balaban J connectivity index is 1.37. The number of carbonyl (C=O) groups is 1. The highest BCUT2D eigenvalue weighted by atomic mass is 16.1. The Morgan fingerprint density at radius 2 is 1.96 bits per heavy atom. The Bertz CT molecular complexity index is 716. The van der Waals surface area contributed by atoms with E-state index in [-0.39, 0.29) is 11.9 Å². The number of aryl methyl sites for hydroxylation is 1. The summed E-state index contributed by atoms with van der Waals surface area (Å²) in [6, 6.07) is 4.03. The Hall–Kier alpha value is -2.37. The van der Waals surface area contributed by atoms with E-state index in [2.05, 4.69) is 24.8 Å². The number of rotatable bonds is 3. The third-order valence-electron chi connectivity index (χ3n) is 5.21. The van der Waals surface area contributed by atoms with E-state index >= 15 is 0 Å². The van der Waals surface area contributed by atoms with Gasteiger partial charge in [0.05, 0.1) is 5.56 Å². The molecule has 0 saturated carbocycles. The summed E-state index contributed by atoms with van der Waals surface area (Å²) in [7, 11) is 0. The maximum atomic E-state index is 12.5. The fraction of sp³-hybridized carbons (Fsp3) is 0.526. The lowest BCUT2D eigenvalue weighted by Crippen LogP contribution is -2.41. The lowest BCUT2D eigenvalue weighted by atomic mass is 10.1. The molecular weight excluding hydrogens is 314 g/mol. The van der Waals surface area contributed by atoms with Gasteiger partial charge >= 0.3 is 0 Å². The maximum absolute atomic E-state index is 12.5. The molecule has 1 fully saturated rings. The number of fused-ring (bicyclic) bond motifs is 1. The van der Waals surface area contributed by atoms with Crippen molar-refractivity contribution in [2.24, 2.45) is 0 Å². The van der Waals surface area contributed by atoms with E-state index in [1.807, 2.05) is 24.5 Å². The summed E-state index contributed by atoms with van der Waals surface area (Å²) in [5.41, 5.74) is 0.634. The van der Waals surface area contributed by atoms with Crippen molar-refractivity contribution in [3.05, 3.63) is 42.1 Å². The van der Waals surface area contributed by atoms with Gasteiger partial charge in [-0.05, 0) is 31.4 Å². The van der Waals surface area contributed by atoms with E-state index in [0.717, 1.165) is 44.1 Å². The number of carbonyl (C=O) groups excluding carboxylic acids is 1. The Kier molecular flexibility index (Phi) is 4.68. The first-order chi connectivity index (χ1) is 12.3. The van der Waals surface area contributed by atoms with Crippen molar-refractivity contribution in [3.63, 3.8) is 0 Å². The molecule has 4 rings (SSSR count). The Labute approximate surface area is 148 Å². The van der Waals surface area contributed by atoms with E-state index in [1.54, 1.807) is 6.20 Å². The second-order valence-electron chi connectivity index (χ2n) is 7.01. The molecule has 25 heavy (non-hydrogen) atoms. The topological polar surface area (TPSA) is 63.1 Å². The van der Waals surface area contributed by atoms with Crippen LogP contribution in [0.25, 0.3) is 0 Å². The molecule has 0 bridgehead atoms. The minimum atomic E-state index is -0.0384. The lowest BCUT2D eigenvalue weighted by Gasteiger charge is -2.25. The fourth-order valence-corrected chi connectivity index (χ4v) is 3.76. The fourth-order valence-electron chi connectivity index (χ4n) is 3.76. The van der Waals surface area contributed by atoms with Crippen LogP contribution in [0.4, 0.5) is 5.82 Å². The molecule has 2 aromatic rings. The highest BCUT2D eigenvalue weighted by Crippen LogP contribution is 2.18. The van der Waals surface area contributed by atoms with Crippen molar-refractivity contribution in [3.8, 4) is 0 Å². The number of nitrogens with one attached hydrogen (secondary N) is 1. The molecule has 2 aliphatic rings. The average Bonchev–Trinajstić information content (AvgIpc) is 2.94. The molecule has 1 amide bonds. The van der Waals surface area contributed by atoms with Crippen molar-refractivity contribution in [1.29, 1.82) is 0 Å². The van der Waals surface area contributed by atoms with E-state index < -0.39 is 0 Å². The minimum absolute atomic E-state index is 0.0384. The van der Waals surface area contributed by atoms with Crippen LogP contribution in [-0.2, 0) is 13.0 Å². The van der Waals surface area contributed by atoms with Crippen LogP contribution in [-0.4, -0.2) is 39.6 Å². The second kappa shape index (κ2) is 7.25.